The summed E-state index contributed by atoms with van der Waals surface area (Å²) in [7, 11) is 1.77. The van der Waals surface area contributed by atoms with Gasteiger partial charge in [0.25, 0.3) is 0 Å². The predicted octanol–water partition coefficient (Wildman–Crippen LogP) is 3.19. The average molecular weight is 288 g/mol. The molecule has 1 spiro atoms. The van der Waals surface area contributed by atoms with Crippen molar-refractivity contribution >= 4 is 0 Å². The molecule has 1 aromatic carbocycles. The summed E-state index contributed by atoms with van der Waals surface area (Å²) in [6.45, 7) is 5.59. The first-order valence-corrected chi connectivity index (χ1v) is 8.34. The van der Waals surface area contributed by atoms with Crippen molar-refractivity contribution in [1.29, 1.82) is 0 Å². The number of benzene rings is 1. The van der Waals surface area contributed by atoms with E-state index in [0.717, 1.165) is 25.4 Å². The van der Waals surface area contributed by atoms with Crippen molar-refractivity contribution in [2.24, 2.45) is 0 Å². The van der Waals surface area contributed by atoms with E-state index in [0.29, 0.717) is 11.6 Å². The highest BCUT2D eigenvalue weighted by molar-refractivity contribution is 5.33. The molecule has 1 N–H and O–H groups in total. The molecule has 2 fully saturated rings. The molecule has 0 radical (unpaired) electrons. The van der Waals surface area contributed by atoms with Crippen molar-refractivity contribution in [3.63, 3.8) is 0 Å². The first-order chi connectivity index (χ1) is 10.2. The third-order valence-electron chi connectivity index (χ3n) is 5.28. The Hall–Kier alpha value is -1.06. The summed E-state index contributed by atoms with van der Waals surface area (Å²) >= 11 is 0. The lowest BCUT2D eigenvalue weighted by molar-refractivity contribution is 0.00573. The number of rotatable bonds is 3. The number of para-hydroxylation sites is 1. The van der Waals surface area contributed by atoms with E-state index in [1.54, 1.807) is 7.11 Å². The summed E-state index contributed by atoms with van der Waals surface area (Å²) < 4.78 is 5.55. The van der Waals surface area contributed by atoms with Crippen LogP contribution in [-0.4, -0.2) is 36.7 Å². The van der Waals surface area contributed by atoms with Gasteiger partial charge in [-0.15, -0.1) is 0 Å². The molecule has 1 aromatic rings. The number of hydrogen-bond acceptors (Lipinski definition) is 3. The Balaban J connectivity index is 1.82. The second-order valence-electron chi connectivity index (χ2n) is 6.76. The predicted molar refractivity (Wildman–Crippen MR) is 86.7 cm³/mol. The van der Waals surface area contributed by atoms with Crippen LogP contribution in [0.25, 0.3) is 0 Å². The topological polar surface area (TPSA) is 24.5 Å². The van der Waals surface area contributed by atoms with Crippen molar-refractivity contribution < 1.29 is 4.74 Å². The van der Waals surface area contributed by atoms with Gasteiger partial charge < -0.3 is 10.1 Å². The Kier molecular flexibility index (Phi) is 4.51. The number of methoxy groups -OCH3 is 1. The second kappa shape index (κ2) is 6.37. The van der Waals surface area contributed by atoms with Gasteiger partial charge in [-0.05, 0) is 25.8 Å². The molecule has 1 aliphatic heterocycles. The van der Waals surface area contributed by atoms with E-state index in [1.807, 2.05) is 0 Å². The molecule has 2 aliphatic rings. The lowest BCUT2D eigenvalue weighted by Crippen LogP contribution is -2.64. The molecule has 1 saturated carbocycles. The van der Waals surface area contributed by atoms with E-state index < -0.39 is 0 Å². The van der Waals surface area contributed by atoms with Gasteiger partial charge in [-0.25, -0.2) is 0 Å². The minimum absolute atomic E-state index is 0.367. The third kappa shape index (κ3) is 3.09. The molecule has 0 amide bonds. The van der Waals surface area contributed by atoms with Crippen molar-refractivity contribution in [3.8, 4) is 5.75 Å². The smallest absolute Gasteiger partial charge is 0.123 e. The lowest BCUT2D eigenvalue weighted by atomic mass is 9.78. The van der Waals surface area contributed by atoms with Crippen LogP contribution in [0.4, 0.5) is 0 Å². The standard InChI is InChI=1S/C18H28N2O/c1-15-12-20(13-16-8-4-5-9-17(16)21-2)18(14-19-15)10-6-3-7-11-18/h4-5,8-9,15,19H,3,6-7,10-14H2,1-2H3. The molecule has 3 rings (SSSR count). The Labute approximate surface area is 128 Å². The van der Waals surface area contributed by atoms with E-state index in [2.05, 4.69) is 41.4 Å². The van der Waals surface area contributed by atoms with Crippen LogP contribution >= 0.6 is 0 Å². The van der Waals surface area contributed by atoms with Crippen LogP contribution in [0.5, 0.6) is 5.75 Å². The van der Waals surface area contributed by atoms with E-state index in [9.17, 15) is 0 Å². The van der Waals surface area contributed by atoms with Crippen molar-refractivity contribution in [2.45, 2.75) is 57.2 Å². The Morgan fingerprint density at radius 1 is 1.24 bits per heavy atom. The van der Waals surface area contributed by atoms with Gasteiger partial charge in [0.15, 0.2) is 0 Å². The molecule has 0 aromatic heterocycles. The fraction of sp³-hybridized carbons (Fsp3) is 0.667. The molecular formula is C18H28N2O. The van der Waals surface area contributed by atoms with Gasteiger partial charge >= 0.3 is 0 Å². The maximum atomic E-state index is 5.55. The zero-order valence-corrected chi connectivity index (χ0v) is 13.4. The molecule has 1 atom stereocenters. The number of hydrogen-bond donors (Lipinski definition) is 1. The first kappa shape index (κ1) is 14.9. The van der Waals surface area contributed by atoms with E-state index >= 15 is 0 Å². The maximum Gasteiger partial charge on any atom is 0.123 e. The highest BCUT2D eigenvalue weighted by Crippen LogP contribution is 2.37. The molecule has 116 valence electrons. The van der Waals surface area contributed by atoms with Gasteiger partial charge in [0.1, 0.15) is 5.75 Å². The molecular weight excluding hydrogens is 260 g/mol. The van der Waals surface area contributed by atoms with Crippen LogP contribution in [0.2, 0.25) is 0 Å². The van der Waals surface area contributed by atoms with Crippen LogP contribution in [0.15, 0.2) is 24.3 Å². The average Bonchev–Trinajstić information content (AvgIpc) is 2.53. The quantitative estimate of drug-likeness (QED) is 0.924. The first-order valence-electron chi connectivity index (χ1n) is 8.34. The fourth-order valence-corrected chi connectivity index (χ4v) is 4.04. The molecule has 3 nitrogen and oxygen atoms in total. The molecule has 21 heavy (non-hydrogen) atoms. The van der Waals surface area contributed by atoms with Gasteiger partial charge in [-0.1, -0.05) is 37.5 Å². The summed E-state index contributed by atoms with van der Waals surface area (Å²) in [5, 5.41) is 3.71. The zero-order chi connectivity index (χ0) is 14.7. The van der Waals surface area contributed by atoms with Crippen molar-refractivity contribution in [2.75, 3.05) is 20.2 Å². The summed E-state index contributed by atoms with van der Waals surface area (Å²) in [6.07, 6.45) is 6.82. The van der Waals surface area contributed by atoms with Crippen LogP contribution in [0.3, 0.4) is 0 Å². The Morgan fingerprint density at radius 2 is 2.00 bits per heavy atom. The van der Waals surface area contributed by atoms with Crippen LogP contribution in [-0.2, 0) is 6.54 Å². The van der Waals surface area contributed by atoms with Gasteiger partial charge in [0.2, 0.25) is 0 Å². The summed E-state index contributed by atoms with van der Waals surface area (Å²) in [4.78, 5) is 2.73. The number of piperazine rings is 1. The minimum atomic E-state index is 0.367. The van der Waals surface area contributed by atoms with Crippen molar-refractivity contribution in [3.05, 3.63) is 29.8 Å². The number of ether oxygens (including phenoxy) is 1. The zero-order valence-electron chi connectivity index (χ0n) is 13.4. The summed E-state index contributed by atoms with van der Waals surface area (Å²) in [6, 6.07) is 9.04. The van der Waals surface area contributed by atoms with Crippen LogP contribution in [0, 0.1) is 0 Å². The number of nitrogens with zero attached hydrogens (tertiary/aromatic N) is 1. The third-order valence-corrected chi connectivity index (χ3v) is 5.28. The van der Waals surface area contributed by atoms with Gasteiger partial charge in [0.05, 0.1) is 7.11 Å². The fourth-order valence-electron chi connectivity index (χ4n) is 4.04. The maximum absolute atomic E-state index is 5.55. The van der Waals surface area contributed by atoms with Crippen LogP contribution < -0.4 is 10.1 Å². The van der Waals surface area contributed by atoms with Gasteiger partial charge in [-0.3, -0.25) is 4.90 Å². The second-order valence-corrected chi connectivity index (χ2v) is 6.76. The SMILES string of the molecule is COc1ccccc1CN1CC(C)NCC12CCCCC2. The molecule has 3 heteroatoms. The highest BCUT2D eigenvalue weighted by atomic mass is 16.5. The molecule has 1 heterocycles. The minimum Gasteiger partial charge on any atom is -0.496 e. The normalized spacial score (nSPS) is 25.9. The Bertz CT molecular complexity index is 468. The van der Waals surface area contributed by atoms with E-state index in [4.69, 9.17) is 4.74 Å². The largest absolute Gasteiger partial charge is 0.496 e. The molecule has 0 bridgehead atoms. The van der Waals surface area contributed by atoms with Crippen LogP contribution in [0.1, 0.15) is 44.6 Å². The monoisotopic (exact) mass is 288 g/mol. The van der Waals surface area contributed by atoms with E-state index in [-0.39, 0.29) is 0 Å². The van der Waals surface area contributed by atoms with E-state index in [1.165, 1.54) is 37.7 Å². The highest BCUT2D eigenvalue weighted by Gasteiger charge is 2.41. The molecule has 1 aliphatic carbocycles. The lowest BCUT2D eigenvalue weighted by Gasteiger charge is -2.51. The van der Waals surface area contributed by atoms with Gasteiger partial charge in [0, 0.05) is 36.8 Å². The molecule has 1 unspecified atom stereocenters. The van der Waals surface area contributed by atoms with Crippen molar-refractivity contribution in [1.82, 2.24) is 10.2 Å². The number of nitrogens with one attached hydrogen (secondary N) is 1. The van der Waals surface area contributed by atoms with Gasteiger partial charge in [-0.2, -0.15) is 0 Å². The Morgan fingerprint density at radius 3 is 2.76 bits per heavy atom. The summed E-state index contributed by atoms with van der Waals surface area (Å²) in [5.41, 5.74) is 1.69. The summed E-state index contributed by atoms with van der Waals surface area (Å²) in [5.74, 6) is 1.02. The molecule has 1 saturated heterocycles.